The molecule has 6 heteroatoms. The van der Waals surface area contributed by atoms with Gasteiger partial charge in [-0.3, -0.25) is 9.69 Å². The number of methoxy groups -OCH3 is 1. The van der Waals surface area contributed by atoms with Crippen molar-refractivity contribution in [2.45, 2.75) is 50.2 Å². The van der Waals surface area contributed by atoms with E-state index in [0.29, 0.717) is 19.5 Å². The number of amides is 1. The fraction of sp³-hybridized carbons (Fsp3) is 0.938. The van der Waals surface area contributed by atoms with E-state index in [0.717, 1.165) is 39.1 Å². The van der Waals surface area contributed by atoms with Gasteiger partial charge in [0.2, 0.25) is 5.91 Å². The minimum absolute atomic E-state index is 0.0279. The SMILES string of the molecule is COC(CN)CC(=O)NCC1(N2CCCCC2)CCOCC1. The van der Waals surface area contributed by atoms with Gasteiger partial charge in [-0.25, -0.2) is 0 Å². The molecule has 1 amide bonds. The zero-order valence-corrected chi connectivity index (χ0v) is 13.8. The summed E-state index contributed by atoms with van der Waals surface area (Å²) < 4.78 is 10.7. The molecular formula is C16H31N3O3. The van der Waals surface area contributed by atoms with Gasteiger partial charge < -0.3 is 20.5 Å². The van der Waals surface area contributed by atoms with Crippen molar-refractivity contribution < 1.29 is 14.3 Å². The zero-order chi connectivity index (χ0) is 15.8. The largest absolute Gasteiger partial charge is 0.381 e. The number of nitrogens with two attached hydrogens (primary N) is 1. The van der Waals surface area contributed by atoms with Crippen LogP contribution in [-0.4, -0.2) is 69.0 Å². The number of nitrogens with zero attached hydrogens (tertiary/aromatic N) is 1. The van der Waals surface area contributed by atoms with E-state index in [9.17, 15) is 4.79 Å². The summed E-state index contributed by atoms with van der Waals surface area (Å²) in [6, 6.07) is 0. The number of likely N-dealkylation sites (tertiary alicyclic amines) is 1. The van der Waals surface area contributed by atoms with E-state index < -0.39 is 0 Å². The van der Waals surface area contributed by atoms with Gasteiger partial charge >= 0.3 is 0 Å². The summed E-state index contributed by atoms with van der Waals surface area (Å²) in [5.74, 6) is 0.0279. The number of hydrogen-bond acceptors (Lipinski definition) is 5. The Morgan fingerprint density at radius 1 is 1.32 bits per heavy atom. The van der Waals surface area contributed by atoms with Gasteiger partial charge in [0.1, 0.15) is 0 Å². The summed E-state index contributed by atoms with van der Waals surface area (Å²) in [4.78, 5) is 14.7. The van der Waals surface area contributed by atoms with Crippen LogP contribution in [0, 0.1) is 0 Å². The standard InChI is InChI=1S/C16H31N3O3/c1-21-14(12-17)11-15(20)18-13-16(5-9-22-10-6-16)19-7-3-2-4-8-19/h14H,2-13,17H2,1H3,(H,18,20). The summed E-state index contributed by atoms with van der Waals surface area (Å²) in [5.41, 5.74) is 5.65. The maximum Gasteiger partial charge on any atom is 0.222 e. The van der Waals surface area contributed by atoms with Crippen molar-refractivity contribution >= 4 is 5.91 Å². The van der Waals surface area contributed by atoms with E-state index in [4.69, 9.17) is 15.2 Å². The molecule has 3 N–H and O–H groups in total. The van der Waals surface area contributed by atoms with Crippen molar-refractivity contribution in [3.8, 4) is 0 Å². The number of ether oxygens (including phenoxy) is 2. The second-order valence-corrected chi connectivity index (χ2v) is 6.46. The average Bonchev–Trinajstić information content (AvgIpc) is 2.59. The lowest BCUT2D eigenvalue weighted by Gasteiger charge is -2.48. The molecule has 0 spiro atoms. The number of piperidine rings is 1. The zero-order valence-electron chi connectivity index (χ0n) is 13.8. The van der Waals surface area contributed by atoms with E-state index in [2.05, 4.69) is 10.2 Å². The Bertz CT molecular complexity index is 336. The molecule has 0 radical (unpaired) electrons. The maximum absolute atomic E-state index is 12.1. The molecule has 2 aliphatic rings. The van der Waals surface area contributed by atoms with E-state index in [1.807, 2.05) is 0 Å². The Balaban J connectivity index is 1.90. The van der Waals surface area contributed by atoms with Crippen molar-refractivity contribution in [2.75, 3.05) is 46.5 Å². The Hall–Kier alpha value is -0.690. The minimum atomic E-state index is -0.194. The van der Waals surface area contributed by atoms with Crippen LogP contribution in [0.2, 0.25) is 0 Å². The van der Waals surface area contributed by atoms with Gasteiger partial charge in [-0.05, 0) is 38.8 Å². The van der Waals surface area contributed by atoms with Gasteiger partial charge in [-0.2, -0.15) is 0 Å². The highest BCUT2D eigenvalue weighted by molar-refractivity contribution is 5.76. The van der Waals surface area contributed by atoms with E-state index >= 15 is 0 Å². The maximum atomic E-state index is 12.1. The lowest BCUT2D eigenvalue weighted by Crippen LogP contribution is -2.59. The van der Waals surface area contributed by atoms with Crippen molar-refractivity contribution in [2.24, 2.45) is 5.73 Å². The number of hydrogen-bond donors (Lipinski definition) is 2. The molecule has 0 aliphatic carbocycles. The molecule has 2 heterocycles. The van der Waals surface area contributed by atoms with Crippen LogP contribution in [0.15, 0.2) is 0 Å². The van der Waals surface area contributed by atoms with E-state index in [1.54, 1.807) is 7.11 Å². The lowest BCUT2D eigenvalue weighted by molar-refractivity contribution is -0.124. The average molecular weight is 313 g/mol. The second-order valence-electron chi connectivity index (χ2n) is 6.46. The molecule has 0 aromatic rings. The van der Waals surface area contributed by atoms with Crippen LogP contribution in [0.4, 0.5) is 0 Å². The predicted molar refractivity (Wildman–Crippen MR) is 85.7 cm³/mol. The summed E-state index contributed by atoms with van der Waals surface area (Å²) in [7, 11) is 1.60. The van der Waals surface area contributed by atoms with Crippen LogP contribution >= 0.6 is 0 Å². The van der Waals surface area contributed by atoms with Gasteiger partial charge in [-0.15, -0.1) is 0 Å². The highest BCUT2D eigenvalue weighted by atomic mass is 16.5. The molecular weight excluding hydrogens is 282 g/mol. The first-order valence-corrected chi connectivity index (χ1v) is 8.52. The molecule has 0 saturated carbocycles. The van der Waals surface area contributed by atoms with E-state index in [1.165, 1.54) is 19.3 Å². The summed E-state index contributed by atoms with van der Waals surface area (Å²) >= 11 is 0. The Kier molecular flexibility index (Phi) is 7.08. The third kappa shape index (κ3) is 4.65. The first-order chi connectivity index (χ1) is 10.7. The van der Waals surface area contributed by atoms with Crippen molar-refractivity contribution in [3.63, 3.8) is 0 Å². The topological polar surface area (TPSA) is 76.8 Å². The second kappa shape index (κ2) is 8.82. The van der Waals surface area contributed by atoms with Crippen molar-refractivity contribution in [1.82, 2.24) is 10.2 Å². The molecule has 1 atom stereocenters. The van der Waals surface area contributed by atoms with Crippen LogP contribution in [0.1, 0.15) is 38.5 Å². The summed E-state index contributed by atoms with van der Waals surface area (Å²) in [5, 5.41) is 3.12. The van der Waals surface area contributed by atoms with Crippen LogP contribution in [0.3, 0.4) is 0 Å². The minimum Gasteiger partial charge on any atom is -0.381 e. The van der Waals surface area contributed by atoms with Crippen molar-refractivity contribution in [3.05, 3.63) is 0 Å². The third-order valence-electron chi connectivity index (χ3n) is 5.07. The number of carbonyl (C=O) groups excluding carboxylic acids is 1. The van der Waals surface area contributed by atoms with Gasteiger partial charge in [0.05, 0.1) is 12.5 Å². The smallest absolute Gasteiger partial charge is 0.222 e. The molecule has 1 unspecified atom stereocenters. The monoisotopic (exact) mass is 313 g/mol. The number of rotatable bonds is 7. The van der Waals surface area contributed by atoms with Crippen LogP contribution in [0.5, 0.6) is 0 Å². The van der Waals surface area contributed by atoms with E-state index in [-0.39, 0.29) is 17.6 Å². The molecule has 2 fully saturated rings. The summed E-state index contributed by atoms with van der Waals surface area (Å²) in [6.45, 7) is 4.93. The molecule has 2 saturated heterocycles. The van der Waals surface area contributed by atoms with Gasteiger partial charge in [-0.1, -0.05) is 6.42 Å². The molecule has 0 aromatic carbocycles. The Labute approximate surface area is 133 Å². The third-order valence-corrected chi connectivity index (χ3v) is 5.07. The summed E-state index contributed by atoms with van der Waals surface area (Å²) in [6.07, 6.45) is 5.97. The number of nitrogens with one attached hydrogen (secondary N) is 1. The normalized spacial score (nSPS) is 23.9. The van der Waals surface area contributed by atoms with Gasteiger partial charge in [0.15, 0.2) is 0 Å². The van der Waals surface area contributed by atoms with Crippen LogP contribution < -0.4 is 11.1 Å². The fourth-order valence-corrected chi connectivity index (χ4v) is 3.53. The van der Waals surface area contributed by atoms with Crippen LogP contribution in [0.25, 0.3) is 0 Å². The van der Waals surface area contributed by atoms with Gasteiger partial charge in [0.25, 0.3) is 0 Å². The molecule has 2 aliphatic heterocycles. The molecule has 128 valence electrons. The molecule has 22 heavy (non-hydrogen) atoms. The predicted octanol–water partition coefficient (Wildman–Crippen LogP) is 0.502. The molecule has 0 aromatic heterocycles. The number of carbonyl (C=O) groups is 1. The fourth-order valence-electron chi connectivity index (χ4n) is 3.53. The van der Waals surface area contributed by atoms with Crippen LogP contribution in [-0.2, 0) is 14.3 Å². The molecule has 6 nitrogen and oxygen atoms in total. The molecule has 2 rings (SSSR count). The quantitative estimate of drug-likeness (QED) is 0.716. The van der Waals surface area contributed by atoms with Gasteiger partial charge in [0, 0.05) is 39.0 Å². The highest BCUT2D eigenvalue weighted by Crippen LogP contribution is 2.30. The Morgan fingerprint density at radius 3 is 2.59 bits per heavy atom. The first-order valence-electron chi connectivity index (χ1n) is 8.52. The highest BCUT2D eigenvalue weighted by Gasteiger charge is 2.39. The first kappa shape index (κ1) is 17.7. The lowest BCUT2D eigenvalue weighted by atomic mass is 9.86. The van der Waals surface area contributed by atoms with Crippen molar-refractivity contribution in [1.29, 1.82) is 0 Å². The Morgan fingerprint density at radius 2 is 2.00 bits per heavy atom. The molecule has 0 bridgehead atoms.